The minimum Gasteiger partial charge on any atom is -0.359 e. The van der Waals surface area contributed by atoms with Crippen LogP contribution in [-0.2, 0) is 4.79 Å². The second kappa shape index (κ2) is 6.50. The minimum atomic E-state index is 0. The highest BCUT2D eigenvalue weighted by molar-refractivity contribution is 5.95. The zero-order chi connectivity index (χ0) is 14.1. The van der Waals surface area contributed by atoms with Crippen molar-refractivity contribution in [2.24, 2.45) is 5.92 Å². The number of H-pyrrole nitrogens is 1. The van der Waals surface area contributed by atoms with Crippen LogP contribution in [-0.4, -0.2) is 23.5 Å². The van der Waals surface area contributed by atoms with Gasteiger partial charge in [-0.1, -0.05) is 0 Å². The second-order valence-electron chi connectivity index (χ2n) is 5.82. The van der Waals surface area contributed by atoms with Crippen LogP contribution in [0.25, 0.3) is 10.9 Å². The molecule has 2 aromatic rings. The first-order chi connectivity index (χ1) is 9.61. The summed E-state index contributed by atoms with van der Waals surface area (Å²) in [5.41, 5.74) is 3.12. The monoisotopic (exact) mass is 307 g/mol. The van der Waals surface area contributed by atoms with Gasteiger partial charge < -0.3 is 15.6 Å². The molecule has 2 heterocycles. The van der Waals surface area contributed by atoms with Gasteiger partial charge in [-0.05, 0) is 57.5 Å². The second-order valence-corrected chi connectivity index (χ2v) is 5.82. The predicted octanol–water partition coefficient (Wildman–Crippen LogP) is 3.22. The minimum absolute atomic E-state index is 0. The quantitative estimate of drug-likeness (QED) is 0.798. The average Bonchev–Trinajstić information content (AvgIpc) is 2.78. The number of nitrogens with one attached hydrogen (secondary N) is 3. The van der Waals surface area contributed by atoms with Gasteiger partial charge in [0.25, 0.3) is 0 Å². The summed E-state index contributed by atoms with van der Waals surface area (Å²) in [5.74, 6) is 0.264. The molecule has 3 N–H and O–H groups in total. The molecule has 1 amide bonds. The Morgan fingerprint density at radius 3 is 2.90 bits per heavy atom. The molecule has 1 aromatic carbocycles. The lowest BCUT2D eigenvalue weighted by Crippen LogP contribution is -2.40. The van der Waals surface area contributed by atoms with E-state index >= 15 is 0 Å². The first-order valence-corrected chi connectivity index (χ1v) is 7.25. The van der Waals surface area contributed by atoms with E-state index in [1.54, 1.807) is 0 Å². The van der Waals surface area contributed by atoms with Crippen LogP contribution < -0.4 is 10.6 Å². The number of anilines is 1. The van der Waals surface area contributed by atoms with Crippen molar-refractivity contribution in [1.82, 2.24) is 10.3 Å². The lowest BCUT2D eigenvalue weighted by Gasteiger charge is -2.27. The molecule has 0 bridgehead atoms. The number of benzene rings is 1. The largest absolute Gasteiger partial charge is 0.359 e. The molecule has 1 aromatic heterocycles. The number of hydrogen-bond donors (Lipinski definition) is 3. The SMILES string of the molecule is Cc1cc2cc(NC(=O)[C@H]3CCN[C@@H](C)C3)ccc2[nH]1.Cl. The van der Waals surface area contributed by atoms with Gasteiger partial charge >= 0.3 is 0 Å². The number of carbonyl (C=O) groups is 1. The van der Waals surface area contributed by atoms with E-state index in [-0.39, 0.29) is 24.2 Å². The molecular weight excluding hydrogens is 286 g/mol. The summed E-state index contributed by atoms with van der Waals surface area (Å²) in [6.07, 6.45) is 1.83. The van der Waals surface area contributed by atoms with Crippen LogP contribution in [0.3, 0.4) is 0 Å². The highest BCUT2D eigenvalue weighted by Gasteiger charge is 2.24. The van der Waals surface area contributed by atoms with E-state index in [1.807, 2.05) is 25.1 Å². The van der Waals surface area contributed by atoms with Gasteiger partial charge in [0.15, 0.2) is 0 Å². The third-order valence-electron chi connectivity index (χ3n) is 4.02. The molecule has 0 spiro atoms. The molecule has 21 heavy (non-hydrogen) atoms. The molecule has 3 rings (SSSR count). The Morgan fingerprint density at radius 1 is 1.33 bits per heavy atom. The topological polar surface area (TPSA) is 56.9 Å². The molecule has 1 saturated heterocycles. The van der Waals surface area contributed by atoms with E-state index in [2.05, 4.69) is 28.6 Å². The van der Waals surface area contributed by atoms with E-state index in [0.29, 0.717) is 6.04 Å². The molecule has 0 saturated carbocycles. The molecule has 0 aliphatic carbocycles. The molecule has 0 radical (unpaired) electrons. The van der Waals surface area contributed by atoms with Gasteiger partial charge in [-0.2, -0.15) is 0 Å². The van der Waals surface area contributed by atoms with Crippen LogP contribution in [0.5, 0.6) is 0 Å². The first-order valence-electron chi connectivity index (χ1n) is 7.25. The van der Waals surface area contributed by atoms with Crippen molar-refractivity contribution in [2.75, 3.05) is 11.9 Å². The van der Waals surface area contributed by atoms with Gasteiger partial charge in [0.2, 0.25) is 5.91 Å². The van der Waals surface area contributed by atoms with E-state index in [4.69, 9.17) is 0 Å². The Hall–Kier alpha value is -1.52. The number of fused-ring (bicyclic) bond motifs is 1. The molecule has 5 heteroatoms. The maximum Gasteiger partial charge on any atom is 0.227 e. The maximum absolute atomic E-state index is 12.3. The molecule has 2 atom stereocenters. The summed E-state index contributed by atoms with van der Waals surface area (Å²) in [4.78, 5) is 15.6. The molecule has 4 nitrogen and oxygen atoms in total. The maximum atomic E-state index is 12.3. The van der Waals surface area contributed by atoms with Crippen LogP contribution in [0.15, 0.2) is 24.3 Å². The van der Waals surface area contributed by atoms with Crippen LogP contribution in [0, 0.1) is 12.8 Å². The number of carbonyl (C=O) groups excluding carboxylic acids is 1. The smallest absolute Gasteiger partial charge is 0.227 e. The van der Waals surface area contributed by atoms with Gasteiger partial charge in [-0.15, -0.1) is 12.4 Å². The Morgan fingerprint density at radius 2 is 2.14 bits per heavy atom. The Balaban J connectivity index is 0.00000161. The number of hydrogen-bond acceptors (Lipinski definition) is 2. The average molecular weight is 308 g/mol. The third kappa shape index (κ3) is 3.57. The van der Waals surface area contributed by atoms with Crippen LogP contribution in [0.4, 0.5) is 5.69 Å². The lowest BCUT2D eigenvalue weighted by atomic mass is 9.92. The standard InChI is InChI=1S/C16H21N3O.ClH/c1-10-7-12(5-6-17-10)16(20)19-14-3-4-15-13(9-14)8-11(2)18-15;/h3-4,8-10,12,17-18H,5-7H2,1-2H3,(H,19,20);1H/t10-,12-;/m0./s1. The van der Waals surface area contributed by atoms with Gasteiger partial charge in [0.05, 0.1) is 0 Å². The third-order valence-corrected chi connectivity index (χ3v) is 4.02. The van der Waals surface area contributed by atoms with Crippen LogP contribution >= 0.6 is 12.4 Å². The number of rotatable bonds is 2. The van der Waals surface area contributed by atoms with Crippen LogP contribution in [0.1, 0.15) is 25.5 Å². The van der Waals surface area contributed by atoms with E-state index in [9.17, 15) is 4.79 Å². The molecule has 1 aliphatic rings. The zero-order valence-corrected chi connectivity index (χ0v) is 13.2. The summed E-state index contributed by atoms with van der Waals surface area (Å²) in [6, 6.07) is 8.52. The lowest BCUT2D eigenvalue weighted by molar-refractivity contribution is -0.120. The number of halogens is 1. The summed E-state index contributed by atoms with van der Waals surface area (Å²) in [5, 5.41) is 7.56. The van der Waals surface area contributed by atoms with Crippen molar-refractivity contribution >= 4 is 34.9 Å². The van der Waals surface area contributed by atoms with Crippen molar-refractivity contribution in [1.29, 1.82) is 0 Å². The van der Waals surface area contributed by atoms with Crippen LogP contribution in [0.2, 0.25) is 0 Å². The van der Waals surface area contributed by atoms with Crippen molar-refractivity contribution < 1.29 is 4.79 Å². The van der Waals surface area contributed by atoms with Crippen molar-refractivity contribution in [3.05, 3.63) is 30.0 Å². The Kier molecular flexibility index (Phi) is 4.91. The van der Waals surface area contributed by atoms with Crippen molar-refractivity contribution in [2.45, 2.75) is 32.7 Å². The van der Waals surface area contributed by atoms with Gasteiger partial charge in [0.1, 0.15) is 0 Å². The molecular formula is C16H22ClN3O. The number of aromatic amines is 1. The van der Waals surface area contributed by atoms with E-state index < -0.39 is 0 Å². The molecule has 0 unspecified atom stereocenters. The number of amides is 1. The zero-order valence-electron chi connectivity index (χ0n) is 12.4. The summed E-state index contributed by atoms with van der Waals surface area (Å²) < 4.78 is 0. The summed E-state index contributed by atoms with van der Waals surface area (Å²) >= 11 is 0. The normalized spacial score (nSPS) is 21.8. The fourth-order valence-corrected chi connectivity index (χ4v) is 2.97. The van der Waals surface area contributed by atoms with E-state index in [0.717, 1.165) is 41.7 Å². The fourth-order valence-electron chi connectivity index (χ4n) is 2.97. The van der Waals surface area contributed by atoms with Crippen molar-refractivity contribution in [3.63, 3.8) is 0 Å². The number of aromatic nitrogens is 1. The number of piperidine rings is 1. The summed E-state index contributed by atoms with van der Waals surface area (Å²) in [6.45, 7) is 5.10. The summed E-state index contributed by atoms with van der Waals surface area (Å²) in [7, 11) is 0. The Labute approximate surface area is 131 Å². The van der Waals surface area contributed by atoms with Gasteiger partial charge in [-0.25, -0.2) is 0 Å². The molecule has 114 valence electrons. The molecule has 1 fully saturated rings. The molecule has 1 aliphatic heterocycles. The van der Waals surface area contributed by atoms with Gasteiger partial charge in [0, 0.05) is 34.2 Å². The van der Waals surface area contributed by atoms with Crippen molar-refractivity contribution in [3.8, 4) is 0 Å². The highest BCUT2D eigenvalue weighted by atomic mass is 35.5. The first kappa shape index (κ1) is 15.9. The highest BCUT2D eigenvalue weighted by Crippen LogP contribution is 2.22. The fraction of sp³-hybridized carbons (Fsp3) is 0.438. The predicted molar refractivity (Wildman–Crippen MR) is 89.1 cm³/mol. The van der Waals surface area contributed by atoms with E-state index in [1.165, 1.54) is 0 Å². The number of aryl methyl sites for hydroxylation is 1. The van der Waals surface area contributed by atoms with Gasteiger partial charge in [-0.3, -0.25) is 4.79 Å². The Bertz CT molecular complexity index is 637.